The number of amides is 1. The fourth-order valence-electron chi connectivity index (χ4n) is 1.21. The molecule has 4 heteroatoms. The lowest BCUT2D eigenvalue weighted by Crippen LogP contribution is -2.44. The summed E-state index contributed by atoms with van der Waals surface area (Å²) >= 11 is 0. The number of hydrogen-bond donors (Lipinski definition) is 2. The summed E-state index contributed by atoms with van der Waals surface area (Å²) in [6, 6.07) is 0. The average molecular weight is 202 g/mol. The van der Waals surface area contributed by atoms with Crippen LogP contribution in [0.25, 0.3) is 0 Å². The van der Waals surface area contributed by atoms with Crippen LogP contribution in [0.5, 0.6) is 0 Å². The second-order valence-corrected chi connectivity index (χ2v) is 4.07. The van der Waals surface area contributed by atoms with E-state index >= 15 is 0 Å². The lowest BCUT2D eigenvalue weighted by Gasteiger charge is -2.24. The summed E-state index contributed by atoms with van der Waals surface area (Å²) in [5, 5.41) is 3.22. The van der Waals surface area contributed by atoms with E-state index in [1.54, 1.807) is 0 Å². The Morgan fingerprint density at radius 1 is 1.43 bits per heavy atom. The number of hydrogen-bond acceptors (Lipinski definition) is 3. The Labute approximate surface area is 86.2 Å². The van der Waals surface area contributed by atoms with Crippen LogP contribution in [0.15, 0.2) is 0 Å². The van der Waals surface area contributed by atoms with Gasteiger partial charge in [0.05, 0.1) is 6.61 Å². The normalized spacial score (nSPS) is 11.6. The van der Waals surface area contributed by atoms with Gasteiger partial charge in [-0.1, -0.05) is 6.92 Å². The zero-order valence-electron chi connectivity index (χ0n) is 9.43. The summed E-state index contributed by atoms with van der Waals surface area (Å²) in [6.07, 6.45) is 1.38. The van der Waals surface area contributed by atoms with Gasteiger partial charge in [0.25, 0.3) is 0 Å². The molecule has 0 aromatic heterocycles. The maximum Gasteiger partial charge on any atom is 0.219 e. The highest BCUT2D eigenvalue weighted by Gasteiger charge is 2.18. The SMILES string of the molecule is CCCOCCNC(C)(C)CC(N)=O. The standard InChI is InChI=1S/C10H22N2O2/c1-4-6-14-7-5-12-10(2,3)8-9(11)13/h12H,4-8H2,1-3H3,(H2,11,13). The van der Waals surface area contributed by atoms with Crippen LogP contribution in [-0.4, -0.2) is 31.2 Å². The first-order chi connectivity index (χ1) is 6.48. The van der Waals surface area contributed by atoms with Crippen LogP contribution in [0, 0.1) is 0 Å². The van der Waals surface area contributed by atoms with Crippen LogP contribution in [0.2, 0.25) is 0 Å². The van der Waals surface area contributed by atoms with Crippen molar-refractivity contribution in [1.82, 2.24) is 5.32 Å². The van der Waals surface area contributed by atoms with Gasteiger partial charge in [0, 0.05) is 25.1 Å². The van der Waals surface area contributed by atoms with Gasteiger partial charge < -0.3 is 15.8 Å². The fraction of sp³-hybridized carbons (Fsp3) is 0.900. The first-order valence-electron chi connectivity index (χ1n) is 5.09. The highest BCUT2D eigenvalue weighted by Crippen LogP contribution is 2.06. The molecule has 0 aliphatic heterocycles. The van der Waals surface area contributed by atoms with Gasteiger partial charge in [0.15, 0.2) is 0 Å². The summed E-state index contributed by atoms with van der Waals surface area (Å²) in [5.74, 6) is -0.281. The van der Waals surface area contributed by atoms with Crippen molar-refractivity contribution in [3.63, 3.8) is 0 Å². The summed E-state index contributed by atoms with van der Waals surface area (Å²) in [7, 11) is 0. The van der Waals surface area contributed by atoms with E-state index in [0.29, 0.717) is 13.0 Å². The molecule has 0 aromatic rings. The summed E-state index contributed by atoms with van der Waals surface area (Å²) in [5.41, 5.74) is 4.89. The summed E-state index contributed by atoms with van der Waals surface area (Å²) < 4.78 is 5.30. The molecule has 0 aliphatic carbocycles. The maximum absolute atomic E-state index is 10.7. The van der Waals surface area contributed by atoms with Gasteiger partial charge in [0.2, 0.25) is 5.91 Å². The molecule has 0 atom stereocenters. The molecule has 0 unspecified atom stereocenters. The Morgan fingerprint density at radius 2 is 2.07 bits per heavy atom. The van der Waals surface area contributed by atoms with E-state index in [-0.39, 0.29) is 11.4 Å². The smallest absolute Gasteiger partial charge is 0.219 e. The first kappa shape index (κ1) is 13.4. The summed E-state index contributed by atoms with van der Waals surface area (Å²) in [4.78, 5) is 10.7. The fourth-order valence-corrected chi connectivity index (χ4v) is 1.21. The molecular weight excluding hydrogens is 180 g/mol. The van der Waals surface area contributed by atoms with Gasteiger partial charge in [0.1, 0.15) is 0 Å². The highest BCUT2D eigenvalue weighted by molar-refractivity contribution is 5.74. The molecule has 0 saturated heterocycles. The van der Waals surface area contributed by atoms with E-state index in [1.165, 1.54) is 0 Å². The average Bonchev–Trinajstić information content (AvgIpc) is 2.01. The Hall–Kier alpha value is -0.610. The molecule has 0 rings (SSSR count). The molecule has 0 spiro atoms. The van der Waals surface area contributed by atoms with E-state index in [9.17, 15) is 4.79 Å². The second-order valence-electron chi connectivity index (χ2n) is 4.07. The number of rotatable bonds is 8. The molecule has 0 radical (unpaired) electrons. The third-order valence-corrected chi connectivity index (χ3v) is 1.81. The molecule has 0 heterocycles. The molecular formula is C10H22N2O2. The Morgan fingerprint density at radius 3 is 2.57 bits per heavy atom. The molecule has 0 fully saturated rings. The number of primary amides is 1. The molecule has 3 N–H and O–H groups in total. The molecule has 0 bridgehead atoms. The van der Waals surface area contributed by atoms with E-state index in [2.05, 4.69) is 12.2 Å². The van der Waals surface area contributed by atoms with Crippen molar-refractivity contribution < 1.29 is 9.53 Å². The first-order valence-corrected chi connectivity index (χ1v) is 5.09. The predicted molar refractivity (Wildman–Crippen MR) is 57.0 cm³/mol. The van der Waals surface area contributed by atoms with Crippen molar-refractivity contribution in [2.75, 3.05) is 19.8 Å². The molecule has 0 saturated carbocycles. The zero-order valence-corrected chi connectivity index (χ0v) is 9.43. The second kappa shape index (κ2) is 6.79. The van der Waals surface area contributed by atoms with Gasteiger partial charge in [-0.2, -0.15) is 0 Å². The lowest BCUT2D eigenvalue weighted by atomic mass is 10.0. The number of ether oxygens (including phenoxy) is 1. The van der Waals surface area contributed by atoms with Crippen LogP contribution in [0.1, 0.15) is 33.6 Å². The van der Waals surface area contributed by atoms with Crippen molar-refractivity contribution in [3.05, 3.63) is 0 Å². The number of nitrogens with one attached hydrogen (secondary N) is 1. The Bertz CT molecular complexity index is 170. The van der Waals surface area contributed by atoms with Crippen LogP contribution in [-0.2, 0) is 9.53 Å². The van der Waals surface area contributed by atoms with E-state index in [0.717, 1.165) is 19.6 Å². The van der Waals surface area contributed by atoms with Crippen LogP contribution in [0.3, 0.4) is 0 Å². The van der Waals surface area contributed by atoms with E-state index in [1.807, 2.05) is 13.8 Å². The molecule has 1 amide bonds. The Kier molecular flexibility index (Phi) is 6.49. The molecule has 84 valence electrons. The highest BCUT2D eigenvalue weighted by atomic mass is 16.5. The number of carbonyl (C=O) groups excluding carboxylic acids is 1. The monoisotopic (exact) mass is 202 g/mol. The van der Waals surface area contributed by atoms with Crippen molar-refractivity contribution >= 4 is 5.91 Å². The minimum absolute atomic E-state index is 0.235. The van der Waals surface area contributed by atoms with Gasteiger partial charge in [-0.25, -0.2) is 0 Å². The van der Waals surface area contributed by atoms with Gasteiger partial charge in [-0.05, 0) is 20.3 Å². The van der Waals surface area contributed by atoms with Gasteiger partial charge in [-0.3, -0.25) is 4.79 Å². The molecule has 4 nitrogen and oxygen atoms in total. The van der Waals surface area contributed by atoms with E-state index < -0.39 is 0 Å². The van der Waals surface area contributed by atoms with Crippen LogP contribution in [0.4, 0.5) is 0 Å². The van der Waals surface area contributed by atoms with Crippen LogP contribution >= 0.6 is 0 Å². The Balaban J connectivity index is 3.50. The van der Waals surface area contributed by atoms with Crippen LogP contribution < -0.4 is 11.1 Å². The molecule has 0 aliphatic rings. The lowest BCUT2D eigenvalue weighted by molar-refractivity contribution is -0.119. The third-order valence-electron chi connectivity index (χ3n) is 1.81. The van der Waals surface area contributed by atoms with Crippen molar-refractivity contribution in [1.29, 1.82) is 0 Å². The maximum atomic E-state index is 10.7. The topological polar surface area (TPSA) is 64.3 Å². The zero-order chi connectivity index (χ0) is 11.0. The number of nitrogens with two attached hydrogens (primary N) is 1. The van der Waals surface area contributed by atoms with Gasteiger partial charge in [-0.15, -0.1) is 0 Å². The van der Waals surface area contributed by atoms with Crippen molar-refractivity contribution in [2.45, 2.75) is 39.2 Å². The van der Waals surface area contributed by atoms with E-state index in [4.69, 9.17) is 10.5 Å². The van der Waals surface area contributed by atoms with Crippen molar-refractivity contribution in [3.8, 4) is 0 Å². The third kappa shape index (κ3) is 8.01. The largest absolute Gasteiger partial charge is 0.380 e. The summed E-state index contributed by atoms with van der Waals surface area (Å²) in [6.45, 7) is 8.20. The molecule has 14 heavy (non-hydrogen) atoms. The minimum Gasteiger partial charge on any atom is -0.380 e. The molecule has 0 aromatic carbocycles. The van der Waals surface area contributed by atoms with Crippen molar-refractivity contribution in [2.24, 2.45) is 5.73 Å². The van der Waals surface area contributed by atoms with Gasteiger partial charge >= 0.3 is 0 Å². The quantitative estimate of drug-likeness (QED) is 0.568. The minimum atomic E-state index is -0.281. The predicted octanol–water partition coefficient (Wildman–Crippen LogP) is 0.657. The number of carbonyl (C=O) groups is 1.